The lowest BCUT2D eigenvalue weighted by Gasteiger charge is -2.31. The Morgan fingerprint density at radius 3 is 2.90 bits per heavy atom. The molecule has 0 radical (unpaired) electrons. The molecule has 0 unspecified atom stereocenters. The molecule has 1 N–H and O–H groups in total. The quantitative estimate of drug-likeness (QED) is 0.913. The Morgan fingerprint density at radius 2 is 2.14 bits per heavy atom. The summed E-state index contributed by atoms with van der Waals surface area (Å²) in [6.07, 6.45) is 2.49. The first-order valence-corrected chi connectivity index (χ1v) is 7.39. The molecule has 1 saturated heterocycles. The molecule has 1 aliphatic heterocycles. The van der Waals surface area contributed by atoms with Crippen molar-refractivity contribution in [1.29, 1.82) is 0 Å². The predicted molar refractivity (Wildman–Crippen MR) is 81.0 cm³/mol. The maximum Gasteiger partial charge on any atom is 0.272 e. The number of piperidine rings is 1. The molecule has 1 atom stereocenters. The number of likely N-dealkylation sites (tertiary alicyclic amines) is 1. The van der Waals surface area contributed by atoms with Gasteiger partial charge >= 0.3 is 0 Å². The number of carbonyl (C=O) groups excluding carboxylic acids is 1. The van der Waals surface area contributed by atoms with Gasteiger partial charge in [0.2, 0.25) is 5.91 Å². The summed E-state index contributed by atoms with van der Waals surface area (Å²) in [7, 11) is 0. The summed E-state index contributed by atoms with van der Waals surface area (Å²) in [5.41, 5.74) is 0.432. The molecule has 2 aromatic rings. The van der Waals surface area contributed by atoms with Crippen LogP contribution in [-0.4, -0.2) is 34.1 Å². The van der Waals surface area contributed by atoms with Crippen molar-refractivity contribution in [3.05, 3.63) is 40.3 Å². The summed E-state index contributed by atoms with van der Waals surface area (Å²) < 4.78 is 0. The highest BCUT2D eigenvalue weighted by Gasteiger charge is 2.22. The van der Waals surface area contributed by atoms with Crippen molar-refractivity contribution in [3.8, 4) is 0 Å². The van der Waals surface area contributed by atoms with Crippen LogP contribution in [0.3, 0.4) is 0 Å². The van der Waals surface area contributed by atoms with Crippen LogP contribution in [0.15, 0.2) is 29.1 Å². The largest absolute Gasteiger partial charge is 0.342 e. The molecule has 1 aliphatic rings. The minimum Gasteiger partial charge on any atom is -0.342 e. The van der Waals surface area contributed by atoms with Crippen LogP contribution in [-0.2, 0) is 11.2 Å². The summed E-state index contributed by atoms with van der Waals surface area (Å²) in [6.45, 7) is 3.82. The first-order valence-electron chi connectivity index (χ1n) is 7.39. The average molecular weight is 285 g/mol. The third kappa shape index (κ3) is 2.82. The second-order valence-electron chi connectivity index (χ2n) is 5.81. The zero-order valence-electron chi connectivity index (χ0n) is 12.1. The Balaban J connectivity index is 1.86. The number of hydrogen-bond donors (Lipinski definition) is 1. The summed E-state index contributed by atoms with van der Waals surface area (Å²) in [5, 5.41) is 7.91. The van der Waals surface area contributed by atoms with Crippen LogP contribution in [0.1, 0.15) is 25.5 Å². The smallest absolute Gasteiger partial charge is 0.272 e. The van der Waals surface area contributed by atoms with E-state index in [1.165, 1.54) is 6.42 Å². The number of aromatic amines is 1. The van der Waals surface area contributed by atoms with E-state index >= 15 is 0 Å². The minimum absolute atomic E-state index is 0.0891. The Morgan fingerprint density at radius 1 is 1.38 bits per heavy atom. The molecule has 1 aromatic heterocycles. The number of aromatic nitrogens is 2. The molecule has 2 heterocycles. The Labute approximate surface area is 123 Å². The van der Waals surface area contributed by atoms with Crippen LogP contribution in [0.4, 0.5) is 0 Å². The highest BCUT2D eigenvalue weighted by molar-refractivity contribution is 5.88. The van der Waals surface area contributed by atoms with Crippen LogP contribution in [0.25, 0.3) is 10.8 Å². The molecule has 0 aliphatic carbocycles. The van der Waals surface area contributed by atoms with Gasteiger partial charge in [0, 0.05) is 18.5 Å². The molecular weight excluding hydrogens is 266 g/mol. The molecule has 0 bridgehead atoms. The van der Waals surface area contributed by atoms with Crippen molar-refractivity contribution in [2.75, 3.05) is 13.1 Å². The van der Waals surface area contributed by atoms with E-state index < -0.39 is 0 Å². The lowest BCUT2D eigenvalue weighted by atomic mass is 9.99. The molecule has 0 spiro atoms. The van der Waals surface area contributed by atoms with Crippen molar-refractivity contribution >= 4 is 16.7 Å². The van der Waals surface area contributed by atoms with Gasteiger partial charge in [-0.1, -0.05) is 25.1 Å². The van der Waals surface area contributed by atoms with Crippen LogP contribution < -0.4 is 5.56 Å². The zero-order chi connectivity index (χ0) is 14.8. The second-order valence-corrected chi connectivity index (χ2v) is 5.81. The third-order valence-corrected chi connectivity index (χ3v) is 4.10. The van der Waals surface area contributed by atoms with Gasteiger partial charge in [-0.05, 0) is 24.8 Å². The van der Waals surface area contributed by atoms with Gasteiger partial charge in [-0.15, -0.1) is 0 Å². The summed E-state index contributed by atoms with van der Waals surface area (Å²) >= 11 is 0. The van der Waals surface area contributed by atoms with Crippen LogP contribution in [0.5, 0.6) is 0 Å². The molecule has 1 amide bonds. The monoisotopic (exact) mass is 285 g/mol. The number of H-pyrrole nitrogens is 1. The topological polar surface area (TPSA) is 66.1 Å². The summed E-state index contributed by atoms with van der Waals surface area (Å²) in [5.74, 6) is 0.647. The highest BCUT2D eigenvalue weighted by Crippen LogP contribution is 2.18. The van der Waals surface area contributed by atoms with Crippen molar-refractivity contribution in [2.24, 2.45) is 5.92 Å². The normalized spacial score (nSPS) is 18.9. The average Bonchev–Trinajstić information content (AvgIpc) is 2.50. The maximum absolute atomic E-state index is 12.4. The van der Waals surface area contributed by atoms with E-state index in [4.69, 9.17) is 0 Å². The maximum atomic E-state index is 12.4. The van der Waals surface area contributed by atoms with E-state index in [0.29, 0.717) is 17.0 Å². The number of nitrogens with one attached hydrogen (secondary N) is 1. The molecule has 110 valence electrons. The number of carbonyl (C=O) groups is 1. The minimum atomic E-state index is -0.214. The molecule has 5 heteroatoms. The predicted octanol–water partition coefficient (Wildman–Crippen LogP) is 1.72. The van der Waals surface area contributed by atoms with Crippen molar-refractivity contribution in [1.82, 2.24) is 15.1 Å². The molecule has 0 saturated carbocycles. The molecule has 5 nitrogen and oxygen atoms in total. The molecule has 3 rings (SSSR count). The Kier molecular flexibility index (Phi) is 3.73. The van der Waals surface area contributed by atoms with E-state index in [1.54, 1.807) is 6.07 Å². The first kappa shape index (κ1) is 13.8. The SMILES string of the molecule is C[C@H]1CCCN(C(=O)Cc2n[nH]c(=O)c3ccccc23)C1. The van der Waals surface area contributed by atoms with Gasteiger partial charge < -0.3 is 4.90 Å². The fourth-order valence-corrected chi connectivity index (χ4v) is 2.98. The molecule has 1 fully saturated rings. The Hall–Kier alpha value is -2.17. The van der Waals surface area contributed by atoms with Gasteiger partial charge in [-0.3, -0.25) is 9.59 Å². The standard InChI is InChI=1S/C16H19N3O2/c1-11-5-4-8-19(10-11)15(20)9-14-12-6-2-3-7-13(12)16(21)18-17-14/h2-3,6-7,11H,4-5,8-10H2,1H3,(H,18,21)/t11-/m0/s1. The third-order valence-electron chi connectivity index (χ3n) is 4.10. The lowest BCUT2D eigenvalue weighted by molar-refractivity contribution is -0.132. The van der Waals surface area contributed by atoms with Gasteiger partial charge in [0.1, 0.15) is 0 Å². The Bertz CT molecular complexity index is 723. The second kappa shape index (κ2) is 5.68. The fourth-order valence-electron chi connectivity index (χ4n) is 2.98. The number of benzene rings is 1. The number of hydrogen-bond acceptors (Lipinski definition) is 3. The number of amides is 1. The van der Waals surface area contributed by atoms with Crippen LogP contribution in [0.2, 0.25) is 0 Å². The summed E-state index contributed by atoms with van der Waals surface area (Å²) in [6, 6.07) is 7.28. The first-order chi connectivity index (χ1) is 10.1. The number of rotatable bonds is 2. The summed E-state index contributed by atoms with van der Waals surface area (Å²) in [4.78, 5) is 26.1. The molecule has 1 aromatic carbocycles. The van der Waals surface area contributed by atoms with Gasteiger partial charge in [-0.2, -0.15) is 5.10 Å². The van der Waals surface area contributed by atoms with Gasteiger partial charge in [0.25, 0.3) is 5.56 Å². The lowest BCUT2D eigenvalue weighted by Crippen LogP contribution is -2.40. The van der Waals surface area contributed by atoms with Gasteiger partial charge in [-0.25, -0.2) is 5.10 Å². The molecule has 21 heavy (non-hydrogen) atoms. The van der Waals surface area contributed by atoms with Gasteiger partial charge in [0.15, 0.2) is 0 Å². The van der Waals surface area contributed by atoms with E-state index in [9.17, 15) is 9.59 Å². The van der Waals surface area contributed by atoms with Crippen LogP contribution >= 0.6 is 0 Å². The zero-order valence-corrected chi connectivity index (χ0v) is 12.1. The van der Waals surface area contributed by atoms with Gasteiger partial charge in [0.05, 0.1) is 17.5 Å². The van der Waals surface area contributed by atoms with E-state index in [1.807, 2.05) is 23.1 Å². The van der Waals surface area contributed by atoms with E-state index in [-0.39, 0.29) is 17.9 Å². The number of fused-ring (bicyclic) bond motifs is 1. The fraction of sp³-hybridized carbons (Fsp3) is 0.438. The van der Waals surface area contributed by atoms with E-state index in [2.05, 4.69) is 17.1 Å². The van der Waals surface area contributed by atoms with Crippen molar-refractivity contribution in [2.45, 2.75) is 26.2 Å². The highest BCUT2D eigenvalue weighted by atomic mass is 16.2. The van der Waals surface area contributed by atoms with Crippen molar-refractivity contribution in [3.63, 3.8) is 0 Å². The van der Waals surface area contributed by atoms with Crippen molar-refractivity contribution < 1.29 is 4.79 Å². The van der Waals surface area contributed by atoms with Crippen LogP contribution in [0, 0.1) is 5.92 Å². The molecular formula is C16H19N3O2. The number of nitrogens with zero attached hydrogens (tertiary/aromatic N) is 2. The van der Waals surface area contributed by atoms with E-state index in [0.717, 1.165) is 24.9 Å².